The van der Waals surface area contributed by atoms with Gasteiger partial charge in [-0.15, -0.1) is 0 Å². The summed E-state index contributed by atoms with van der Waals surface area (Å²) in [6.07, 6.45) is -3.07. The van der Waals surface area contributed by atoms with Gasteiger partial charge in [0.05, 0.1) is 11.3 Å². The van der Waals surface area contributed by atoms with Crippen molar-refractivity contribution in [2.45, 2.75) is 25.9 Å². The molecule has 0 atom stereocenters. The molecule has 0 aliphatic heterocycles. The minimum Gasteiger partial charge on any atom is -0.233 e. The van der Waals surface area contributed by atoms with Gasteiger partial charge in [0.25, 0.3) is 0 Å². The first-order valence-electron chi connectivity index (χ1n) is 6.12. The lowest BCUT2D eigenvalue weighted by atomic mass is 10.0. The summed E-state index contributed by atoms with van der Waals surface area (Å²) in [5, 5.41) is 0.149. The van der Waals surface area contributed by atoms with E-state index in [1.54, 1.807) is 6.07 Å². The largest absolute Gasteiger partial charge is 0.417 e. The molecule has 1 aromatic carbocycles. The second kappa shape index (κ2) is 5.79. The van der Waals surface area contributed by atoms with Gasteiger partial charge >= 0.3 is 6.18 Å². The number of rotatable bonds is 3. The van der Waals surface area contributed by atoms with Crippen molar-refractivity contribution in [2.24, 2.45) is 0 Å². The van der Waals surface area contributed by atoms with Crippen molar-refractivity contribution < 1.29 is 13.2 Å². The first kappa shape index (κ1) is 14.8. The zero-order chi connectivity index (χ0) is 14.8. The monoisotopic (exact) mass is 300 g/mol. The minimum atomic E-state index is -4.43. The first-order valence-corrected chi connectivity index (χ1v) is 6.49. The summed E-state index contributed by atoms with van der Waals surface area (Å²) < 4.78 is 39.0. The molecule has 0 aliphatic rings. The van der Waals surface area contributed by atoms with E-state index in [1.165, 1.54) is 18.2 Å². The molecule has 6 heteroatoms. The molecule has 1 aromatic heterocycles. The van der Waals surface area contributed by atoms with Crippen LogP contribution in [0.2, 0.25) is 5.15 Å². The number of halogens is 4. The van der Waals surface area contributed by atoms with Gasteiger partial charge in [-0.05, 0) is 12.5 Å². The molecule has 0 fully saturated rings. The Hall–Kier alpha value is -1.62. The summed E-state index contributed by atoms with van der Waals surface area (Å²) >= 11 is 5.87. The smallest absolute Gasteiger partial charge is 0.233 e. The van der Waals surface area contributed by atoms with Crippen LogP contribution in [-0.2, 0) is 12.6 Å². The van der Waals surface area contributed by atoms with Crippen molar-refractivity contribution in [3.8, 4) is 11.3 Å². The Bertz CT molecular complexity index is 612. The van der Waals surface area contributed by atoms with Crippen LogP contribution in [0.5, 0.6) is 0 Å². The molecule has 20 heavy (non-hydrogen) atoms. The summed E-state index contributed by atoms with van der Waals surface area (Å²) in [5.41, 5.74) is -0.514. The maximum absolute atomic E-state index is 13.0. The topological polar surface area (TPSA) is 25.8 Å². The maximum Gasteiger partial charge on any atom is 0.417 e. The summed E-state index contributed by atoms with van der Waals surface area (Å²) in [6.45, 7) is 1.94. The summed E-state index contributed by atoms with van der Waals surface area (Å²) in [4.78, 5) is 8.19. The highest BCUT2D eigenvalue weighted by atomic mass is 35.5. The highest BCUT2D eigenvalue weighted by molar-refractivity contribution is 6.29. The third-order valence-corrected chi connectivity index (χ3v) is 2.92. The first-order chi connectivity index (χ1) is 9.41. The second-order valence-electron chi connectivity index (χ2n) is 4.29. The van der Waals surface area contributed by atoms with Gasteiger partial charge in [-0.25, -0.2) is 9.97 Å². The van der Waals surface area contributed by atoms with E-state index in [-0.39, 0.29) is 16.4 Å². The molecule has 0 bridgehead atoms. The molecule has 2 aromatic rings. The van der Waals surface area contributed by atoms with E-state index in [0.717, 1.165) is 12.5 Å². The predicted octanol–water partition coefficient (Wildman–Crippen LogP) is 4.77. The van der Waals surface area contributed by atoms with Gasteiger partial charge in [0.2, 0.25) is 0 Å². The van der Waals surface area contributed by atoms with E-state index in [2.05, 4.69) is 9.97 Å². The molecule has 0 unspecified atom stereocenters. The average molecular weight is 301 g/mol. The Labute approximate surface area is 119 Å². The molecular formula is C14H12ClF3N2. The van der Waals surface area contributed by atoms with Crippen LogP contribution >= 0.6 is 11.6 Å². The Morgan fingerprint density at radius 3 is 2.50 bits per heavy atom. The van der Waals surface area contributed by atoms with Crippen molar-refractivity contribution in [3.05, 3.63) is 46.9 Å². The van der Waals surface area contributed by atoms with Crippen molar-refractivity contribution in [1.29, 1.82) is 0 Å². The van der Waals surface area contributed by atoms with Crippen LogP contribution in [0, 0.1) is 0 Å². The lowest BCUT2D eigenvalue weighted by Gasteiger charge is -2.12. The lowest BCUT2D eigenvalue weighted by molar-refractivity contribution is -0.137. The number of alkyl halides is 3. The molecule has 0 amide bonds. The van der Waals surface area contributed by atoms with E-state index in [1.807, 2.05) is 6.92 Å². The number of aryl methyl sites for hydroxylation is 1. The van der Waals surface area contributed by atoms with E-state index in [0.29, 0.717) is 12.2 Å². The molecule has 0 radical (unpaired) electrons. The third kappa shape index (κ3) is 3.28. The van der Waals surface area contributed by atoms with Gasteiger partial charge in [0, 0.05) is 18.1 Å². The molecule has 106 valence electrons. The molecule has 0 saturated carbocycles. The zero-order valence-electron chi connectivity index (χ0n) is 10.7. The van der Waals surface area contributed by atoms with Crippen LogP contribution in [0.3, 0.4) is 0 Å². The molecule has 0 spiro atoms. The molecule has 0 N–H and O–H groups in total. The number of hydrogen-bond donors (Lipinski definition) is 0. The van der Waals surface area contributed by atoms with E-state index in [4.69, 9.17) is 11.6 Å². The standard InChI is InChI=1S/C14H12ClF3N2/c1-2-5-13-19-11(8-12(15)20-13)9-6-3-4-7-10(9)14(16,17)18/h3-4,6-8H,2,5H2,1H3. The van der Waals surface area contributed by atoms with Crippen LogP contribution in [0.25, 0.3) is 11.3 Å². The molecule has 1 heterocycles. The highest BCUT2D eigenvalue weighted by Crippen LogP contribution is 2.36. The molecular weight excluding hydrogens is 289 g/mol. The fourth-order valence-corrected chi connectivity index (χ4v) is 2.09. The van der Waals surface area contributed by atoms with E-state index < -0.39 is 11.7 Å². The number of aromatic nitrogens is 2. The van der Waals surface area contributed by atoms with Gasteiger partial charge in [0.1, 0.15) is 11.0 Å². The number of hydrogen-bond acceptors (Lipinski definition) is 2. The Balaban J connectivity index is 2.57. The summed E-state index contributed by atoms with van der Waals surface area (Å²) in [5.74, 6) is 0.451. The van der Waals surface area contributed by atoms with Crippen LogP contribution < -0.4 is 0 Å². The average Bonchev–Trinajstić information content (AvgIpc) is 2.37. The second-order valence-corrected chi connectivity index (χ2v) is 4.67. The quantitative estimate of drug-likeness (QED) is 0.763. The Morgan fingerprint density at radius 1 is 1.15 bits per heavy atom. The lowest BCUT2D eigenvalue weighted by Crippen LogP contribution is -2.08. The Morgan fingerprint density at radius 2 is 1.85 bits per heavy atom. The zero-order valence-corrected chi connectivity index (χ0v) is 11.5. The normalized spacial score (nSPS) is 11.7. The predicted molar refractivity (Wildman–Crippen MR) is 71.5 cm³/mol. The van der Waals surface area contributed by atoms with Gasteiger partial charge < -0.3 is 0 Å². The number of nitrogens with zero attached hydrogens (tertiary/aromatic N) is 2. The van der Waals surface area contributed by atoms with Gasteiger partial charge in [-0.1, -0.05) is 36.7 Å². The summed E-state index contributed by atoms with van der Waals surface area (Å²) in [6, 6.07) is 6.66. The van der Waals surface area contributed by atoms with Crippen molar-refractivity contribution in [2.75, 3.05) is 0 Å². The Kier molecular flexibility index (Phi) is 4.28. The fourth-order valence-electron chi connectivity index (χ4n) is 1.89. The maximum atomic E-state index is 13.0. The van der Waals surface area contributed by atoms with Gasteiger partial charge in [-0.3, -0.25) is 0 Å². The van der Waals surface area contributed by atoms with E-state index >= 15 is 0 Å². The van der Waals surface area contributed by atoms with Gasteiger partial charge in [0.15, 0.2) is 0 Å². The molecule has 2 rings (SSSR count). The van der Waals surface area contributed by atoms with Crippen molar-refractivity contribution in [3.63, 3.8) is 0 Å². The fraction of sp³-hybridized carbons (Fsp3) is 0.286. The SMILES string of the molecule is CCCc1nc(Cl)cc(-c2ccccc2C(F)(F)F)n1. The van der Waals surface area contributed by atoms with Crippen LogP contribution in [0.1, 0.15) is 24.7 Å². The summed E-state index contributed by atoms with van der Waals surface area (Å²) in [7, 11) is 0. The van der Waals surface area contributed by atoms with Crippen LogP contribution in [0.4, 0.5) is 13.2 Å². The van der Waals surface area contributed by atoms with Gasteiger partial charge in [-0.2, -0.15) is 13.2 Å². The minimum absolute atomic E-state index is 0.0154. The number of benzene rings is 1. The van der Waals surface area contributed by atoms with Crippen molar-refractivity contribution >= 4 is 11.6 Å². The van der Waals surface area contributed by atoms with Crippen molar-refractivity contribution in [1.82, 2.24) is 9.97 Å². The molecule has 0 saturated heterocycles. The highest BCUT2D eigenvalue weighted by Gasteiger charge is 2.33. The van der Waals surface area contributed by atoms with Crippen LogP contribution in [0.15, 0.2) is 30.3 Å². The third-order valence-electron chi connectivity index (χ3n) is 2.72. The molecule has 0 aliphatic carbocycles. The van der Waals surface area contributed by atoms with E-state index in [9.17, 15) is 13.2 Å². The van der Waals surface area contributed by atoms with Crippen LogP contribution in [-0.4, -0.2) is 9.97 Å². The molecule has 2 nitrogen and oxygen atoms in total.